The number of halogens is 3. The number of rotatable bonds is 4. The number of alkyl halides is 3. The molecule has 8 heteroatoms. The molecule has 1 aliphatic carbocycles. The molecule has 3 rings (SSSR count). The Kier molecular flexibility index (Phi) is 6.77. The molecule has 0 radical (unpaired) electrons. The van der Waals surface area contributed by atoms with Crippen molar-refractivity contribution >= 4 is 21.3 Å². The van der Waals surface area contributed by atoms with Crippen LogP contribution in [0.1, 0.15) is 38.7 Å². The second-order valence-corrected chi connectivity index (χ2v) is 11.6. The molecule has 1 N–H and O–H groups in total. The first kappa shape index (κ1) is 24.3. The lowest BCUT2D eigenvalue weighted by molar-refractivity contribution is -0.142. The Balaban J connectivity index is 1.80. The summed E-state index contributed by atoms with van der Waals surface area (Å²) < 4.78 is 52.2. The van der Waals surface area contributed by atoms with Gasteiger partial charge in [-0.05, 0) is 63.1 Å². The third kappa shape index (κ3) is 4.71. The molecule has 1 aromatic carbocycles. The van der Waals surface area contributed by atoms with Gasteiger partial charge in [0.25, 0.3) is 5.91 Å². The van der Waals surface area contributed by atoms with Gasteiger partial charge < -0.3 is 10.0 Å². The van der Waals surface area contributed by atoms with Gasteiger partial charge in [0.15, 0.2) is 0 Å². The fraction of sp³-hybridized carbons (Fsp3) is 0.417. The van der Waals surface area contributed by atoms with Gasteiger partial charge in [0, 0.05) is 31.3 Å². The topological polar surface area (TPSA) is 57.6 Å². The number of aliphatic hydroxyl groups excluding tert-OH is 1. The molecule has 0 saturated carbocycles. The summed E-state index contributed by atoms with van der Waals surface area (Å²) in [5.41, 5.74) is -0.306. The van der Waals surface area contributed by atoms with E-state index in [9.17, 15) is 27.3 Å². The quantitative estimate of drug-likeness (QED) is 0.661. The van der Waals surface area contributed by atoms with Crippen LogP contribution in [0.25, 0.3) is 0 Å². The Bertz CT molecular complexity index is 1070. The molecule has 32 heavy (non-hydrogen) atoms. The lowest BCUT2D eigenvalue weighted by atomic mass is 9.84. The SMILES string of the molecule is C=S(=O)(c1cccc(C(F)(F)F)c1)C(C)(C)C1CCN(C(=O)C2=CC=CC=CC2)C(O)C1. The number of carbonyl (C=O) groups excluding carboxylic acids is 1. The number of likely N-dealkylation sites (tertiary alicyclic amines) is 1. The van der Waals surface area contributed by atoms with Gasteiger partial charge in [-0.1, -0.05) is 36.4 Å². The van der Waals surface area contributed by atoms with E-state index in [-0.39, 0.29) is 29.7 Å². The molecule has 1 saturated heterocycles. The molecular formula is C24H28F3NO3S. The molecule has 1 heterocycles. The summed E-state index contributed by atoms with van der Waals surface area (Å²) in [5.74, 6) is 3.29. The lowest BCUT2D eigenvalue weighted by Crippen LogP contribution is -2.52. The monoisotopic (exact) mass is 467 g/mol. The second kappa shape index (κ2) is 8.90. The van der Waals surface area contributed by atoms with E-state index in [0.717, 1.165) is 12.1 Å². The molecule has 0 aromatic heterocycles. The third-order valence-corrected chi connectivity index (χ3v) is 9.53. The summed E-state index contributed by atoms with van der Waals surface area (Å²) >= 11 is 0. The Morgan fingerprint density at radius 2 is 1.94 bits per heavy atom. The summed E-state index contributed by atoms with van der Waals surface area (Å²) in [6.07, 6.45) is 4.50. The lowest BCUT2D eigenvalue weighted by Gasteiger charge is -2.44. The van der Waals surface area contributed by atoms with Crippen molar-refractivity contribution in [1.82, 2.24) is 4.90 Å². The van der Waals surface area contributed by atoms with Gasteiger partial charge >= 0.3 is 6.18 Å². The Morgan fingerprint density at radius 1 is 1.22 bits per heavy atom. The first-order valence-corrected chi connectivity index (χ1v) is 12.1. The maximum absolute atomic E-state index is 13.7. The van der Waals surface area contributed by atoms with Crippen molar-refractivity contribution in [2.75, 3.05) is 6.54 Å². The maximum Gasteiger partial charge on any atom is 0.416 e. The molecule has 0 spiro atoms. The molecule has 3 unspecified atom stereocenters. The predicted molar refractivity (Wildman–Crippen MR) is 120 cm³/mol. The van der Waals surface area contributed by atoms with Crippen molar-refractivity contribution in [3.63, 3.8) is 0 Å². The number of allylic oxidation sites excluding steroid dienone is 5. The number of benzene rings is 1. The van der Waals surface area contributed by atoms with Crippen LogP contribution >= 0.6 is 0 Å². The number of hydrogen-bond donors (Lipinski definition) is 1. The van der Waals surface area contributed by atoms with Crippen molar-refractivity contribution in [2.24, 2.45) is 5.92 Å². The van der Waals surface area contributed by atoms with E-state index in [0.29, 0.717) is 18.4 Å². The fourth-order valence-corrected chi connectivity index (χ4v) is 6.16. The highest BCUT2D eigenvalue weighted by atomic mass is 32.2. The minimum atomic E-state index is -4.55. The van der Waals surface area contributed by atoms with Gasteiger partial charge in [-0.2, -0.15) is 13.2 Å². The van der Waals surface area contributed by atoms with Crippen LogP contribution in [-0.2, 0) is 20.5 Å². The van der Waals surface area contributed by atoms with E-state index in [1.54, 1.807) is 26.0 Å². The average molecular weight is 468 g/mol. The standard InChI is InChI=1S/C24H28F3NO3S/c1-23(2,32(3,31)20-12-8-11-19(15-20)24(25,26)27)18-13-14-28(21(29)16-18)22(30)17-9-6-4-5-7-10-17/h4-9,11-12,15,18,21,29H,3,10,13-14,16H2,1-2H3. The van der Waals surface area contributed by atoms with Crippen LogP contribution in [0.5, 0.6) is 0 Å². The van der Waals surface area contributed by atoms with Gasteiger partial charge in [-0.3, -0.25) is 9.00 Å². The van der Waals surface area contributed by atoms with Crippen LogP contribution < -0.4 is 0 Å². The van der Waals surface area contributed by atoms with Gasteiger partial charge in [0.05, 0.1) is 5.56 Å². The Morgan fingerprint density at radius 3 is 2.59 bits per heavy atom. The highest BCUT2D eigenvalue weighted by molar-refractivity contribution is 8.01. The van der Waals surface area contributed by atoms with E-state index < -0.39 is 32.2 Å². The minimum absolute atomic E-state index is 0.0347. The number of carbonyl (C=O) groups is 1. The summed E-state index contributed by atoms with van der Waals surface area (Å²) in [6, 6.07) is 4.47. The summed E-state index contributed by atoms with van der Waals surface area (Å²) in [7, 11) is -3.15. The van der Waals surface area contributed by atoms with Crippen molar-refractivity contribution in [3.8, 4) is 0 Å². The van der Waals surface area contributed by atoms with E-state index >= 15 is 0 Å². The molecule has 0 bridgehead atoms. The molecule has 174 valence electrons. The van der Waals surface area contributed by atoms with E-state index in [1.807, 2.05) is 18.2 Å². The van der Waals surface area contributed by atoms with Crippen LogP contribution in [0, 0.1) is 5.92 Å². The van der Waals surface area contributed by atoms with Crippen molar-refractivity contribution < 1.29 is 27.3 Å². The molecule has 1 aromatic rings. The minimum Gasteiger partial charge on any atom is -0.374 e. The number of nitrogens with zero attached hydrogens (tertiary/aromatic N) is 1. The maximum atomic E-state index is 13.7. The number of aliphatic hydroxyl groups is 1. The van der Waals surface area contributed by atoms with Crippen LogP contribution in [-0.4, -0.2) is 43.5 Å². The van der Waals surface area contributed by atoms with E-state index in [4.69, 9.17) is 0 Å². The van der Waals surface area contributed by atoms with E-state index in [2.05, 4.69) is 5.87 Å². The van der Waals surface area contributed by atoms with Gasteiger partial charge in [-0.15, -0.1) is 0 Å². The zero-order chi connectivity index (χ0) is 23.7. The van der Waals surface area contributed by atoms with Crippen molar-refractivity contribution in [3.05, 3.63) is 65.8 Å². The molecule has 4 nitrogen and oxygen atoms in total. The molecule has 1 fully saturated rings. The predicted octanol–water partition coefficient (Wildman–Crippen LogP) is 4.56. The van der Waals surface area contributed by atoms with Crippen LogP contribution in [0.3, 0.4) is 0 Å². The summed E-state index contributed by atoms with van der Waals surface area (Å²) in [5, 5.41) is 10.7. The van der Waals surface area contributed by atoms with Gasteiger partial charge in [-0.25, -0.2) is 0 Å². The smallest absolute Gasteiger partial charge is 0.374 e. The summed E-state index contributed by atoms with van der Waals surface area (Å²) in [6.45, 7) is 3.68. The van der Waals surface area contributed by atoms with Gasteiger partial charge in [0.1, 0.15) is 6.23 Å². The first-order valence-electron chi connectivity index (χ1n) is 10.4. The molecule has 3 atom stereocenters. The van der Waals surface area contributed by atoms with Crippen LogP contribution in [0.4, 0.5) is 13.2 Å². The number of amides is 1. The van der Waals surface area contributed by atoms with Crippen molar-refractivity contribution in [1.29, 1.82) is 0 Å². The number of hydrogen-bond acceptors (Lipinski definition) is 3. The zero-order valence-electron chi connectivity index (χ0n) is 18.1. The molecule has 1 aliphatic heterocycles. The zero-order valence-corrected chi connectivity index (χ0v) is 19.0. The van der Waals surface area contributed by atoms with Gasteiger partial charge in [0.2, 0.25) is 0 Å². The largest absolute Gasteiger partial charge is 0.416 e. The second-order valence-electron chi connectivity index (χ2n) is 8.71. The highest BCUT2D eigenvalue weighted by Crippen LogP contribution is 2.40. The average Bonchev–Trinajstić information content (AvgIpc) is 3.02. The summed E-state index contributed by atoms with van der Waals surface area (Å²) in [4.78, 5) is 14.3. The highest BCUT2D eigenvalue weighted by Gasteiger charge is 2.44. The molecule has 1 amide bonds. The van der Waals surface area contributed by atoms with E-state index in [1.165, 1.54) is 17.0 Å². The van der Waals surface area contributed by atoms with Crippen LogP contribution in [0.15, 0.2) is 65.1 Å². The molecular weight excluding hydrogens is 439 g/mol. The number of piperidine rings is 1. The van der Waals surface area contributed by atoms with Crippen molar-refractivity contribution in [2.45, 2.75) is 55.2 Å². The third-order valence-electron chi connectivity index (χ3n) is 6.48. The Labute approximate surface area is 187 Å². The molecule has 2 aliphatic rings. The first-order chi connectivity index (χ1) is 14.9. The normalized spacial score (nSPS) is 23.9. The van der Waals surface area contributed by atoms with Crippen LogP contribution in [0.2, 0.25) is 0 Å². The Hall–Kier alpha value is -2.32. The fourth-order valence-electron chi connectivity index (χ4n) is 4.18.